The molecule has 202 valence electrons. The van der Waals surface area contributed by atoms with Crippen molar-refractivity contribution in [1.29, 1.82) is 0 Å². The lowest BCUT2D eigenvalue weighted by molar-refractivity contribution is -0.136. The molecule has 39 heavy (non-hydrogen) atoms. The van der Waals surface area contributed by atoms with Crippen LogP contribution in [0, 0.1) is 6.92 Å². The Morgan fingerprint density at radius 1 is 0.974 bits per heavy atom. The van der Waals surface area contributed by atoms with E-state index in [9.17, 15) is 14.4 Å². The molecule has 3 aromatic rings. The van der Waals surface area contributed by atoms with Crippen LogP contribution in [0.5, 0.6) is 0 Å². The molecule has 0 aliphatic heterocycles. The van der Waals surface area contributed by atoms with Crippen molar-refractivity contribution in [3.8, 4) is 0 Å². The number of rotatable bonds is 10. The predicted molar refractivity (Wildman–Crippen MR) is 158 cm³/mol. The van der Waals surface area contributed by atoms with Gasteiger partial charge in [0.2, 0.25) is 5.91 Å². The third kappa shape index (κ3) is 8.14. The zero-order chi connectivity index (χ0) is 27.8. The molecule has 4 rings (SSSR count). The Hall–Kier alpha value is -3.71. The average molecular weight is 590 g/mol. The average Bonchev–Trinajstić information content (AvgIpc) is 2.92. The summed E-state index contributed by atoms with van der Waals surface area (Å²) >= 11 is 3.51. The van der Waals surface area contributed by atoms with Crippen LogP contribution in [0.15, 0.2) is 77.3 Å². The number of carboxylic acids is 1. The highest BCUT2D eigenvalue weighted by molar-refractivity contribution is 9.10. The highest BCUT2D eigenvalue weighted by Crippen LogP contribution is 2.30. The Morgan fingerprint density at radius 3 is 2.36 bits per heavy atom. The molecule has 1 atom stereocenters. The molecule has 6 nitrogen and oxygen atoms in total. The first-order valence-electron chi connectivity index (χ1n) is 13.2. The van der Waals surface area contributed by atoms with E-state index in [-0.39, 0.29) is 24.8 Å². The number of aryl methyl sites for hydroxylation is 1. The highest BCUT2D eigenvalue weighted by Gasteiger charge is 2.22. The van der Waals surface area contributed by atoms with Gasteiger partial charge in [-0.2, -0.15) is 0 Å². The van der Waals surface area contributed by atoms with E-state index in [1.54, 1.807) is 12.1 Å². The van der Waals surface area contributed by atoms with E-state index >= 15 is 0 Å². The van der Waals surface area contributed by atoms with Crippen molar-refractivity contribution in [3.05, 3.63) is 105 Å². The number of halogens is 1. The van der Waals surface area contributed by atoms with Crippen molar-refractivity contribution in [2.24, 2.45) is 0 Å². The van der Waals surface area contributed by atoms with Crippen molar-refractivity contribution in [2.45, 2.75) is 51.4 Å². The summed E-state index contributed by atoms with van der Waals surface area (Å²) in [5.74, 6) is -1.83. The van der Waals surface area contributed by atoms with Gasteiger partial charge in [0.15, 0.2) is 0 Å². The summed E-state index contributed by atoms with van der Waals surface area (Å²) in [7, 11) is 0. The van der Waals surface area contributed by atoms with E-state index in [1.165, 1.54) is 24.0 Å². The zero-order valence-corrected chi connectivity index (χ0v) is 23.6. The molecule has 0 heterocycles. The van der Waals surface area contributed by atoms with Crippen LogP contribution >= 0.6 is 15.9 Å². The van der Waals surface area contributed by atoms with E-state index in [1.807, 2.05) is 49.4 Å². The molecule has 2 amide bonds. The predicted octanol–water partition coefficient (Wildman–Crippen LogP) is 6.88. The van der Waals surface area contributed by atoms with Gasteiger partial charge in [0.05, 0.1) is 12.3 Å². The SMILES string of the molecule is Cc1cc(Br)cc(NC(=O)C(Cc2ccc(C(=O)NCCC(=O)O)cc2)c2ccc(C3=CCCCC3)cc2)c1. The molecular formula is C32H33BrN2O4. The molecule has 0 saturated heterocycles. The maximum Gasteiger partial charge on any atom is 0.305 e. The summed E-state index contributed by atoms with van der Waals surface area (Å²) in [4.78, 5) is 36.7. The number of anilines is 1. The fourth-order valence-electron chi connectivity index (χ4n) is 4.84. The van der Waals surface area contributed by atoms with Gasteiger partial charge in [0, 0.05) is 22.3 Å². The molecule has 0 saturated carbocycles. The molecule has 1 aliphatic carbocycles. The summed E-state index contributed by atoms with van der Waals surface area (Å²) < 4.78 is 0.900. The molecular weight excluding hydrogens is 556 g/mol. The van der Waals surface area contributed by atoms with Gasteiger partial charge in [-0.25, -0.2) is 0 Å². The monoisotopic (exact) mass is 588 g/mol. The minimum Gasteiger partial charge on any atom is -0.481 e. The number of carboxylic acid groups (broad SMARTS) is 1. The van der Waals surface area contributed by atoms with Crippen LogP contribution in [0.4, 0.5) is 5.69 Å². The minimum atomic E-state index is -0.962. The highest BCUT2D eigenvalue weighted by atomic mass is 79.9. The second-order valence-corrected chi connectivity index (χ2v) is 10.9. The van der Waals surface area contributed by atoms with Crippen molar-refractivity contribution in [3.63, 3.8) is 0 Å². The second kappa shape index (κ2) is 13.4. The fraction of sp³-hybridized carbons (Fsp3) is 0.281. The smallest absolute Gasteiger partial charge is 0.305 e. The first-order valence-corrected chi connectivity index (χ1v) is 14.0. The first kappa shape index (κ1) is 28.3. The molecule has 0 bridgehead atoms. The van der Waals surface area contributed by atoms with Gasteiger partial charge in [-0.3, -0.25) is 14.4 Å². The number of carbonyl (C=O) groups excluding carboxylic acids is 2. The Labute approximate surface area is 237 Å². The Kier molecular flexibility index (Phi) is 9.71. The van der Waals surface area contributed by atoms with E-state index in [0.29, 0.717) is 12.0 Å². The van der Waals surface area contributed by atoms with E-state index in [4.69, 9.17) is 5.11 Å². The van der Waals surface area contributed by atoms with Gasteiger partial charge in [0.25, 0.3) is 5.91 Å². The van der Waals surface area contributed by atoms with Crippen LogP contribution in [-0.4, -0.2) is 29.4 Å². The maximum atomic E-state index is 13.6. The fourth-order valence-corrected chi connectivity index (χ4v) is 5.45. The largest absolute Gasteiger partial charge is 0.481 e. The standard InChI is InChI=1S/C32H33BrN2O4/c1-21-17-27(33)20-28(18-21)35-32(39)29(25-13-11-24(12-14-25)23-5-3-2-4-6-23)19-22-7-9-26(10-8-22)31(38)34-16-15-30(36)37/h5,7-14,17-18,20,29H,2-4,6,15-16,19H2,1H3,(H,34,38)(H,35,39)(H,36,37). The summed E-state index contributed by atoms with van der Waals surface area (Å²) in [6.45, 7) is 2.05. The number of benzene rings is 3. The van der Waals surface area contributed by atoms with Crippen LogP contribution in [-0.2, 0) is 16.0 Å². The molecule has 3 aromatic carbocycles. The van der Waals surface area contributed by atoms with Gasteiger partial charge in [0.1, 0.15) is 0 Å². The van der Waals surface area contributed by atoms with Crippen molar-refractivity contribution in [2.75, 3.05) is 11.9 Å². The topological polar surface area (TPSA) is 95.5 Å². The van der Waals surface area contributed by atoms with E-state index in [0.717, 1.165) is 39.7 Å². The lowest BCUT2D eigenvalue weighted by Crippen LogP contribution is -2.26. The number of amides is 2. The molecule has 1 unspecified atom stereocenters. The van der Waals surface area contributed by atoms with Crippen molar-refractivity contribution in [1.82, 2.24) is 5.32 Å². The van der Waals surface area contributed by atoms with E-state index < -0.39 is 11.9 Å². The first-order chi connectivity index (χ1) is 18.8. The number of hydrogen-bond acceptors (Lipinski definition) is 3. The third-order valence-corrected chi connectivity index (χ3v) is 7.34. The Bertz CT molecular complexity index is 1340. The molecule has 1 aliphatic rings. The van der Waals surface area contributed by atoms with Gasteiger partial charge in [-0.05, 0) is 97.2 Å². The van der Waals surface area contributed by atoms with Gasteiger partial charge in [-0.1, -0.05) is 58.4 Å². The normalized spacial score (nSPS) is 13.7. The maximum absolute atomic E-state index is 13.6. The van der Waals surface area contributed by atoms with Crippen LogP contribution in [0.3, 0.4) is 0 Å². The molecule has 3 N–H and O–H groups in total. The summed E-state index contributed by atoms with van der Waals surface area (Å²) in [6, 6.07) is 21.2. The number of carbonyl (C=O) groups is 3. The Morgan fingerprint density at radius 2 is 1.72 bits per heavy atom. The lowest BCUT2D eigenvalue weighted by Gasteiger charge is -2.19. The van der Waals surface area contributed by atoms with Gasteiger partial charge < -0.3 is 15.7 Å². The molecule has 0 radical (unpaired) electrons. The van der Waals surface area contributed by atoms with Crippen molar-refractivity contribution >= 4 is 45.0 Å². The number of aliphatic carboxylic acids is 1. The zero-order valence-electron chi connectivity index (χ0n) is 22.0. The quantitative estimate of drug-likeness (QED) is 0.240. The summed E-state index contributed by atoms with van der Waals surface area (Å²) in [6.07, 6.45) is 7.29. The molecule has 7 heteroatoms. The third-order valence-electron chi connectivity index (χ3n) is 6.88. The summed E-state index contributed by atoms with van der Waals surface area (Å²) in [5, 5.41) is 14.5. The van der Waals surface area contributed by atoms with Crippen LogP contribution in [0.2, 0.25) is 0 Å². The summed E-state index contributed by atoms with van der Waals surface area (Å²) in [5.41, 5.74) is 6.64. The number of hydrogen-bond donors (Lipinski definition) is 3. The van der Waals surface area contributed by atoms with Gasteiger partial charge in [-0.15, -0.1) is 0 Å². The molecule has 0 spiro atoms. The molecule has 0 aromatic heterocycles. The van der Waals surface area contributed by atoms with Crippen molar-refractivity contribution < 1.29 is 19.5 Å². The lowest BCUT2D eigenvalue weighted by atomic mass is 9.88. The molecule has 0 fully saturated rings. The van der Waals surface area contributed by atoms with E-state index in [2.05, 4.69) is 44.8 Å². The number of allylic oxidation sites excluding steroid dienone is 2. The van der Waals surface area contributed by atoms with Crippen LogP contribution in [0.25, 0.3) is 5.57 Å². The Balaban J connectivity index is 1.54. The number of nitrogens with one attached hydrogen (secondary N) is 2. The minimum absolute atomic E-state index is 0.0696. The van der Waals surface area contributed by atoms with Crippen LogP contribution in [0.1, 0.15) is 70.6 Å². The second-order valence-electron chi connectivity index (χ2n) is 9.96. The van der Waals surface area contributed by atoms with Crippen LogP contribution < -0.4 is 10.6 Å². The van der Waals surface area contributed by atoms with Gasteiger partial charge >= 0.3 is 5.97 Å².